The first kappa shape index (κ1) is 13.5. The number of nitrogens with zero attached hydrogens (tertiary/aromatic N) is 2. The normalized spacial score (nSPS) is 29.8. The van der Waals surface area contributed by atoms with Crippen LogP contribution in [0.25, 0.3) is 0 Å². The van der Waals surface area contributed by atoms with Gasteiger partial charge in [0, 0.05) is 17.4 Å². The van der Waals surface area contributed by atoms with Gasteiger partial charge in [0.1, 0.15) is 0 Å². The van der Waals surface area contributed by atoms with Crippen molar-refractivity contribution in [1.82, 2.24) is 15.1 Å². The molecule has 2 bridgehead atoms. The summed E-state index contributed by atoms with van der Waals surface area (Å²) in [6.07, 6.45) is 8.78. The van der Waals surface area contributed by atoms with Gasteiger partial charge in [-0.1, -0.05) is 19.8 Å². The molecule has 1 aromatic heterocycles. The molecule has 3 nitrogen and oxygen atoms in total. The van der Waals surface area contributed by atoms with Crippen molar-refractivity contribution in [3.8, 4) is 0 Å². The number of fused-ring (bicyclic) bond motifs is 3. The van der Waals surface area contributed by atoms with Crippen molar-refractivity contribution in [3.05, 3.63) is 11.9 Å². The molecule has 1 N–H and O–H groups in total. The molecule has 19 heavy (non-hydrogen) atoms. The van der Waals surface area contributed by atoms with E-state index in [4.69, 9.17) is 0 Å². The highest BCUT2D eigenvalue weighted by Gasteiger charge is 2.36. The molecular formula is C15H25N3S. The number of thioether (sulfide) groups is 1. The van der Waals surface area contributed by atoms with Crippen LogP contribution >= 0.6 is 11.8 Å². The maximum absolute atomic E-state index is 4.32. The average molecular weight is 279 g/mol. The second-order valence-corrected chi connectivity index (χ2v) is 7.08. The zero-order chi connectivity index (χ0) is 13.1. The summed E-state index contributed by atoms with van der Waals surface area (Å²) in [5, 5.41) is 7.62. The van der Waals surface area contributed by atoms with Gasteiger partial charge in [-0.3, -0.25) is 5.10 Å². The van der Waals surface area contributed by atoms with Crippen molar-refractivity contribution >= 4 is 11.8 Å². The first-order valence-electron chi connectivity index (χ1n) is 7.77. The fourth-order valence-electron chi connectivity index (χ4n) is 3.49. The van der Waals surface area contributed by atoms with Crippen LogP contribution in [-0.2, 0) is 0 Å². The molecule has 1 aromatic rings. The van der Waals surface area contributed by atoms with Gasteiger partial charge in [0.25, 0.3) is 0 Å². The van der Waals surface area contributed by atoms with Crippen LogP contribution in [0, 0.1) is 5.92 Å². The van der Waals surface area contributed by atoms with E-state index in [1.165, 1.54) is 68.1 Å². The molecule has 0 radical (unpaired) electrons. The van der Waals surface area contributed by atoms with E-state index >= 15 is 0 Å². The highest BCUT2D eigenvalue weighted by Crippen LogP contribution is 2.41. The van der Waals surface area contributed by atoms with Gasteiger partial charge in [-0.25, -0.2) is 0 Å². The number of aromatic amines is 1. The molecule has 3 aliphatic rings. The zero-order valence-corrected chi connectivity index (χ0v) is 12.7. The summed E-state index contributed by atoms with van der Waals surface area (Å²) in [4.78, 5) is 4.03. The first-order valence-corrected chi connectivity index (χ1v) is 8.75. The van der Waals surface area contributed by atoms with Gasteiger partial charge in [0.15, 0.2) is 0 Å². The van der Waals surface area contributed by atoms with E-state index in [0.717, 1.165) is 5.92 Å². The summed E-state index contributed by atoms with van der Waals surface area (Å²) in [6.45, 7) is 6.14. The summed E-state index contributed by atoms with van der Waals surface area (Å²) < 4.78 is 0. The molecule has 4 heterocycles. The Labute approximate surface area is 120 Å². The maximum Gasteiger partial charge on any atom is 0.0626 e. The molecule has 0 amide bonds. The Kier molecular flexibility index (Phi) is 4.49. The van der Waals surface area contributed by atoms with Crippen molar-refractivity contribution in [2.75, 3.05) is 25.4 Å². The van der Waals surface area contributed by atoms with Crippen molar-refractivity contribution in [2.24, 2.45) is 5.92 Å². The molecule has 3 saturated heterocycles. The third-order valence-electron chi connectivity index (χ3n) is 4.66. The summed E-state index contributed by atoms with van der Waals surface area (Å²) in [6, 6.07) is 0. The predicted molar refractivity (Wildman–Crippen MR) is 80.7 cm³/mol. The molecule has 0 aliphatic carbocycles. The minimum atomic E-state index is 0.707. The lowest BCUT2D eigenvalue weighted by Gasteiger charge is -2.44. The van der Waals surface area contributed by atoms with E-state index in [2.05, 4.69) is 22.0 Å². The van der Waals surface area contributed by atoms with Gasteiger partial charge in [0.05, 0.1) is 11.9 Å². The summed E-state index contributed by atoms with van der Waals surface area (Å²) in [7, 11) is 0. The van der Waals surface area contributed by atoms with Crippen LogP contribution in [0.4, 0.5) is 0 Å². The fourth-order valence-corrected chi connectivity index (χ4v) is 4.54. The van der Waals surface area contributed by atoms with Crippen LogP contribution in [0.15, 0.2) is 11.1 Å². The number of hydrogen-bond acceptors (Lipinski definition) is 3. The van der Waals surface area contributed by atoms with Gasteiger partial charge >= 0.3 is 0 Å². The molecule has 0 spiro atoms. The lowest BCUT2D eigenvalue weighted by molar-refractivity contribution is 0.0844. The summed E-state index contributed by atoms with van der Waals surface area (Å²) in [5.74, 6) is 2.83. The minimum Gasteiger partial charge on any atom is -0.303 e. The topological polar surface area (TPSA) is 31.9 Å². The van der Waals surface area contributed by atoms with Crippen molar-refractivity contribution in [1.29, 1.82) is 0 Å². The van der Waals surface area contributed by atoms with Crippen LogP contribution in [0.2, 0.25) is 0 Å². The Bertz CT molecular complexity index is 396. The molecular weight excluding hydrogens is 254 g/mol. The molecule has 3 aliphatic heterocycles. The van der Waals surface area contributed by atoms with Gasteiger partial charge in [-0.05, 0) is 44.0 Å². The molecule has 4 heteroatoms. The lowest BCUT2D eigenvalue weighted by Crippen LogP contribution is -2.46. The number of H-pyrrole nitrogens is 1. The number of rotatable bonds is 6. The fraction of sp³-hybridized carbons (Fsp3) is 0.800. The number of unbranched alkanes of at least 4 members (excludes halogenated alkanes) is 2. The van der Waals surface area contributed by atoms with Gasteiger partial charge in [-0.15, -0.1) is 11.8 Å². The first-order chi connectivity index (χ1) is 9.38. The Morgan fingerprint density at radius 1 is 1.37 bits per heavy atom. The van der Waals surface area contributed by atoms with Crippen LogP contribution in [0.5, 0.6) is 0 Å². The van der Waals surface area contributed by atoms with Crippen LogP contribution in [0.3, 0.4) is 0 Å². The Morgan fingerprint density at radius 3 is 2.89 bits per heavy atom. The van der Waals surface area contributed by atoms with Crippen molar-refractivity contribution in [3.63, 3.8) is 0 Å². The molecule has 0 saturated carbocycles. The molecule has 0 aromatic carbocycles. The highest BCUT2D eigenvalue weighted by atomic mass is 32.2. The van der Waals surface area contributed by atoms with Gasteiger partial charge in [-0.2, -0.15) is 5.10 Å². The van der Waals surface area contributed by atoms with E-state index in [1.807, 2.05) is 18.0 Å². The van der Waals surface area contributed by atoms with Crippen molar-refractivity contribution in [2.45, 2.75) is 49.8 Å². The summed E-state index contributed by atoms with van der Waals surface area (Å²) >= 11 is 2.00. The molecule has 1 unspecified atom stereocenters. The van der Waals surface area contributed by atoms with E-state index < -0.39 is 0 Å². The van der Waals surface area contributed by atoms with E-state index in [1.54, 1.807) is 0 Å². The third kappa shape index (κ3) is 3.00. The standard InChI is InChI=1S/C15H25N3S/c1-2-3-4-9-19-14-10-16-17-15(14)13-11-18-7-5-12(13)6-8-18/h10,12-13H,2-9,11H2,1H3,(H,16,17). The number of hydrogen-bond donors (Lipinski definition) is 1. The van der Waals surface area contributed by atoms with E-state index in [9.17, 15) is 0 Å². The number of aromatic nitrogens is 2. The predicted octanol–water partition coefficient (Wildman–Crippen LogP) is 3.50. The maximum atomic E-state index is 4.32. The number of piperidine rings is 3. The monoisotopic (exact) mass is 279 g/mol. The quantitative estimate of drug-likeness (QED) is 0.639. The number of nitrogens with one attached hydrogen (secondary N) is 1. The lowest BCUT2D eigenvalue weighted by atomic mass is 9.77. The van der Waals surface area contributed by atoms with E-state index in [0.29, 0.717) is 5.92 Å². The Hall–Kier alpha value is -0.480. The minimum absolute atomic E-state index is 0.707. The summed E-state index contributed by atoms with van der Waals surface area (Å²) in [5.41, 5.74) is 1.43. The zero-order valence-electron chi connectivity index (χ0n) is 11.9. The van der Waals surface area contributed by atoms with Crippen LogP contribution < -0.4 is 0 Å². The van der Waals surface area contributed by atoms with Gasteiger partial charge < -0.3 is 4.90 Å². The largest absolute Gasteiger partial charge is 0.303 e. The molecule has 106 valence electrons. The smallest absolute Gasteiger partial charge is 0.0626 e. The molecule has 4 rings (SSSR count). The Morgan fingerprint density at radius 2 is 2.21 bits per heavy atom. The molecule has 3 fully saturated rings. The van der Waals surface area contributed by atoms with E-state index in [-0.39, 0.29) is 0 Å². The highest BCUT2D eigenvalue weighted by molar-refractivity contribution is 7.99. The Balaban J connectivity index is 1.63. The SMILES string of the molecule is CCCCCSc1cn[nH]c1C1CN2CCC1CC2. The van der Waals surface area contributed by atoms with Gasteiger partial charge in [0.2, 0.25) is 0 Å². The second-order valence-electron chi connectivity index (χ2n) is 5.95. The third-order valence-corrected chi connectivity index (χ3v) is 5.79. The molecule has 1 atom stereocenters. The van der Waals surface area contributed by atoms with Crippen LogP contribution in [-0.4, -0.2) is 40.5 Å². The second kappa shape index (κ2) is 6.31. The average Bonchev–Trinajstić information content (AvgIpc) is 2.93. The van der Waals surface area contributed by atoms with Crippen molar-refractivity contribution < 1.29 is 0 Å². The van der Waals surface area contributed by atoms with Crippen LogP contribution in [0.1, 0.15) is 50.6 Å².